The van der Waals surface area contributed by atoms with Crippen molar-refractivity contribution in [2.75, 3.05) is 27.2 Å². The summed E-state index contributed by atoms with van der Waals surface area (Å²) in [5.41, 5.74) is 3.26. The Balaban J connectivity index is 1.72. The molecule has 1 saturated carbocycles. The number of hydrogen-bond donors (Lipinski definition) is 1. The van der Waals surface area contributed by atoms with Crippen molar-refractivity contribution >= 4 is 0 Å². The zero-order chi connectivity index (χ0) is 15.3. The van der Waals surface area contributed by atoms with Gasteiger partial charge in [-0.15, -0.1) is 0 Å². The molecule has 2 fully saturated rings. The molecular formula is C19H28N2O. The Kier molecular flexibility index (Phi) is 3.46. The highest BCUT2D eigenvalue weighted by Crippen LogP contribution is 2.46. The summed E-state index contributed by atoms with van der Waals surface area (Å²) in [5, 5.41) is 3.67. The summed E-state index contributed by atoms with van der Waals surface area (Å²) >= 11 is 0. The van der Waals surface area contributed by atoms with Gasteiger partial charge in [0.1, 0.15) is 5.75 Å². The third-order valence-electron chi connectivity index (χ3n) is 6.32. The first kappa shape index (κ1) is 14.5. The molecule has 0 aromatic heterocycles. The van der Waals surface area contributed by atoms with Gasteiger partial charge in [0.25, 0.3) is 0 Å². The van der Waals surface area contributed by atoms with Gasteiger partial charge in [0, 0.05) is 24.0 Å². The summed E-state index contributed by atoms with van der Waals surface area (Å²) in [6.07, 6.45) is 5.30. The van der Waals surface area contributed by atoms with Gasteiger partial charge in [0.15, 0.2) is 0 Å². The molecule has 3 aliphatic rings. The third-order valence-corrected chi connectivity index (χ3v) is 6.32. The quantitative estimate of drug-likeness (QED) is 0.925. The van der Waals surface area contributed by atoms with E-state index in [1.807, 2.05) is 0 Å². The molecule has 1 aromatic rings. The molecule has 0 unspecified atom stereocenters. The number of hydrogen-bond acceptors (Lipinski definition) is 3. The van der Waals surface area contributed by atoms with Gasteiger partial charge >= 0.3 is 0 Å². The molecule has 2 aliphatic carbocycles. The van der Waals surface area contributed by atoms with Crippen molar-refractivity contribution in [2.24, 2.45) is 5.92 Å². The Labute approximate surface area is 134 Å². The number of ether oxygens (including phenoxy) is 1. The second-order valence-electron chi connectivity index (χ2n) is 7.67. The molecule has 1 N–H and O–H groups in total. The van der Waals surface area contributed by atoms with Gasteiger partial charge in [-0.1, -0.05) is 13.0 Å². The lowest BCUT2D eigenvalue weighted by Gasteiger charge is -2.55. The molecule has 0 radical (unpaired) electrons. The molecule has 1 aromatic carbocycles. The number of nitrogens with one attached hydrogen (secondary N) is 1. The largest absolute Gasteiger partial charge is 0.497 e. The van der Waals surface area contributed by atoms with Crippen molar-refractivity contribution in [3.8, 4) is 5.75 Å². The highest BCUT2D eigenvalue weighted by Gasteiger charge is 2.50. The predicted octanol–water partition coefficient (Wildman–Crippen LogP) is 2.58. The Morgan fingerprint density at radius 3 is 2.86 bits per heavy atom. The lowest BCUT2D eigenvalue weighted by Crippen LogP contribution is -2.66. The smallest absolute Gasteiger partial charge is 0.119 e. The number of rotatable bonds is 4. The van der Waals surface area contributed by atoms with Crippen molar-refractivity contribution in [2.45, 2.75) is 50.1 Å². The topological polar surface area (TPSA) is 24.5 Å². The average molecular weight is 300 g/mol. The van der Waals surface area contributed by atoms with Crippen molar-refractivity contribution in [3.63, 3.8) is 0 Å². The van der Waals surface area contributed by atoms with Crippen LogP contribution in [0, 0.1) is 5.92 Å². The zero-order valence-corrected chi connectivity index (χ0v) is 14.1. The van der Waals surface area contributed by atoms with Crippen LogP contribution in [0.4, 0.5) is 0 Å². The van der Waals surface area contributed by atoms with Crippen molar-refractivity contribution in [1.29, 1.82) is 0 Å². The molecule has 1 heterocycles. The minimum atomic E-state index is 0.224. The molecule has 1 aliphatic heterocycles. The van der Waals surface area contributed by atoms with Crippen LogP contribution < -0.4 is 10.1 Å². The molecule has 0 spiro atoms. The van der Waals surface area contributed by atoms with E-state index in [4.69, 9.17) is 4.74 Å². The molecule has 2 bridgehead atoms. The van der Waals surface area contributed by atoms with Gasteiger partial charge in [-0.25, -0.2) is 0 Å². The van der Waals surface area contributed by atoms with E-state index < -0.39 is 0 Å². The molecular weight excluding hydrogens is 272 g/mol. The van der Waals surface area contributed by atoms with Crippen LogP contribution in [0.3, 0.4) is 0 Å². The predicted molar refractivity (Wildman–Crippen MR) is 89.6 cm³/mol. The Hall–Kier alpha value is -1.06. The summed E-state index contributed by atoms with van der Waals surface area (Å²) in [6.45, 7) is 5.00. The maximum absolute atomic E-state index is 5.48. The van der Waals surface area contributed by atoms with Gasteiger partial charge in [0.2, 0.25) is 0 Å². The molecule has 4 rings (SSSR count). The summed E-state index contributed by atoms with van der Waals surface area (Å²) in [6, 6.07) is 7.89. The van der Waals surface area contributed by atoms with Crippen LogP contribution >= 0.6 is 0 Å². The van der Waals surface area contributed by atoms with E-state index in [1.54, 1.807) is 7.11 Å². The van der Waals surface area contributed by atoms with Crippen molar-refractivity contribution < 1.29 is 4.74 Å². The lowest BCUT2D eigenvalue weighted by molar-refractivity contribution is 0.0464. The molecule has 120 valence electrons. The van der Waals surface area contributed by atoms with Crippen molar-refractivity contribution in [1.82, 2.24) is 10.2 Å². The molecule has 3 atom stereocenters. The standard InChI is InChI=1S/C19H28N2O/c1-19-8-9-21(12-13-4-5-13)17(18(19)20-2)10-14-6-7-15(22-3)11-16(14)19/h6-7,11,13,17-18,20H,4-5,8-10,12H2,1-3H3/t17-,18-,19-/m1/s1. The number of fused-ring (bicyclic) bond motifs is 4. The molecule has 22 heavy (non-hydrogen) atoms. The lowest BCUT2D eigenvalue weighted by atomic mass is 9.61. The van der Waals surface area contributed by atoms with Crippen molar-refractivity contribution in [3.05, 3.63) is 29.3 Å². The Morgan fingerprint density at radius 2 is 2.18 bits per heavy atom. The van der Waals surface area contributed by atoms with E-state index >= 15 is 0 Å². The zero-order valence-electron chi connectivity index (χ0n) is 14.1. The highest BCUT2D eigenvalue weighted by molar-refractivity contribution is 5.45. The minimum Gasteiger partial charge on any atom is -0.497 e. The van der Waals surface area contributed by atoms with E-state index in [9.17, 15) is 0 Å². The van der Waals surface area contributed by atoms with Gasteiger partial charge in [-0.3, -0.25) is 4.90 Å². The second-order valence-corrected chi connectivity index (χ2v) is 7.67. The molecule has 1 saturated heterocycles. The minimum absolute atomic E-state index is 0.224. The fourth-order valence-corrected chi connectivity index (χ4v) is 4.87. The Morgan fingerprint density at radius 1 is 1.36 bits per heavy atom. The highest BCUT2D eigenvalue weighted by atomic mass is 16.5. The number of methoxy groups -OCH3 is 1. The van der Waals surface area contributed by atoms with Gasteiger partial charge in [-0.05, 0) is 68.5 Å². The van der Waals surface area contributed by atoms with Gasteiger partial charge in [0.05, 0.1) is 7.11 Å². The van der Waals surface area contributed by atoms with Crippen LogP contribution in [-0.2, 0) is 11.8 Å². The van der Waals surface area contributed by atoms with E-state index in [1.165, 1.54) is 49.9 Å². The molecule has 0 amide bonds. The number of benzene rings is 1. The summed E-state index contributed by atoms with van der Waals surface area (Å²) in [5.74, 6) is 1.97. The van der Waals surface area contributed by atoms with Gasteiger partial charge in [-0.2, -0.15) is 0 Å². The number of likely N-dealkylation sites (N-methyl/N-ethyl adjacent to an activating group) is 1. The third kappa shape index (κ3) is 2.17. The van der Waals surface area contributed by atoms with Crippen LogP contribution in [0.2, 0.25) is 0 Å². The summed E-state index contributed by atoms with van der Waals surface area (Å²) in [7, 11) is 3.91. The maximum Gasteiger partial charge on any atom is 0.119 e. The maximum atomic E-state index is 5.48. The summed E-state index contributed by atoms with van der Waals surface area (Å²) in [4.78, 5) is 2.77. The van der Waals surface area contributed by atoms with Crippen LogP contribution in [0.25, 0.3) is 0 Å². The van der Waals surface area contributed by atoms with Crippen LogP contribution in [0.5, 0.6) is 5.75 Å². The van der Waals surface area contributed by atoms with E-state index in [0.717, 1.165) is 11.7 Å². The number of piperidine rings is 1. The number of likely N-dealkylation sites (tertiary alicyclic amines) is 1. The monoisotopic (exact) mass is 300 g/mol. The Bertz CT molecular complexity index is 569. The van der Waals surface area contributed by atoms with Crippen LogP contribution in [0.1, 0.15) is 37.3 Å². The first-order valence-corrected chi connectivity index (χ1v) is 8.74. The normalized spacial score (nSPS) is 34.3. The second kappa shape index (κ2) is 5.24. The fourth-order valence-electron chi connectivity index (χ4n) is 4.87. The average Bonchev–Trinajstić information content (AvgIpc) is 3.34. The summed E-state index contributed by atoms with van der Waals surface area (Å²) < 4.78 is 5.48. The van der Waals surface area contributed by atoms with E-state index in [0.29, 0.717) is 12.1 Å². The van der Waals surface area contributed by atoms with E-state index in [-0.39, 0.29) is 5.41 Å². The van der Waals surface area contributed by atoms with E-state index in [2.05, 4.69) is 42.4 Å². The molecule has 3 heteroatoms. The van der Waals surface area contributed by atoms with Gasteiger partial charge < -0.3 is 10.1 Å². The van der Waals surface area contributed by atoms with Crippen LogP contribution in [0.15, 0.2) is 18.2 Å². The number of nitrogens with zero attached hydrogens (tertiary/aromatic N) is 1. The SMILES string of the molecule is CN[C@@H]1[C@H]2Cc3ccc(OC)cc3[C@@]1(C)CCN2CC1CC1. The first-order chi connectivity index (χ1) is 10.7. The first-order valence-electron chi connectivity index (χ1n) is 8.74. The fraction of sp³-hybridized carbons (Fsp3) is 0.684. The molecule has 3 nitrogen and oxygen atoms in total. The van der Waals surface area contributed by atoms with Crippen LogP contribution in [-0.4, -0.2) is 44.2 Å².